The van der Waals surface area contributed by atoms with Gasteiger partial charge >= 0.3 is 0 Å². The molecule has 0 radical (unpaired) electrons. The van der Waals surface area contributed by atoms with Crippen molar-refractivity contribution in [1.29, 1.82) is 0 Å². The molecular formula is C31H38N4O3S. The van der Waals surface area contributed by atoms with Crippen molar-refractivity contribution in [2.24, 2.45) is 0 Å². The first-order valence-electron chi connectivity index (χ1n) is 13.7. The highest BCUT2D eigenvalue weighted by Gasteiger charge is 2.40. The molecule has 0 aliphatic carbocycles. The fraction of sp³-hybridized carbons (Fsp3) is 0.452. The number of thioether (sulfide) groups is 1. The second-order valence-corrected chi connectivity index (χ2v) is 12.6. The summed E-state index contributed by atoms with van der Waals surface area (Å²) in [6.07, 6.45) is 3.16. The lowest BCUT2D eigenvalue weighted by Crippen LogP contribution is -2.45. The van der Waals surface area contributed by atoms with Crippen molar-refractivity contribution in [3.8, 4) is 11.4 Å². The van der Waals surface area contributed by atoms with Crippen molar-refractivity contribution < 1.29 is 14.3 Å². The van der Waals surface area contributed by atoms with Crippen LogP contribution in [-0.2, 0) is 15.0 Å². The highest BCUT2D eigenvalue weighted by molar-refractivity contribution is 8.00. The van der Waals surface area contributed by atoms with Gasteiger partial charge in [-0.25, -0.2) is 4.68 Å². The smallest absolute Gasteiger partial charge is 0.242 e. The Morgan fingerprint density at radius 3 is 2.44 bits per heavy atom. The molecule has 1 fully saturated rings. The quantitative estimate of drug-likeness (QED) is 0.413. The van der Waals surface area contributed by atoms with E-state index in [-0.39, 0.29) is 34.8 Å². The first-order chi connectivity index (χ1) is 18.7. The largest absolute Gasteiger partial charge is 0.497 e. The number of carbonyl (C=O) groups is 2. The summed E-state index contributed by atoms with van der Waals surface area (Å²) in [6.45, 7) is 10.1. The van der Waals surface area contributed by atoms with Crippen LogP contribution >= 0.6 is 11.8 Å². The van der Waals surface area contributed by atoms with Crippen LogP contribution in [0.2, 0.25) is 0 Å². The number of hydrogen-bond donors (Lipinski definition) is 0. The van der Waals surface area contributed by atoms with Crippen LogP contribution in [0.1, 0.15) is 67.7 Å². The summed E-state index contributed by atoms with van der Waals surface area (Å²) >= 11 is 1.62. The highest BCUT2D eigenvalue weighted by atomic mass is 32.2. The van der Waals surface area contributed by atoms with E-state index in [1.807, 2.05) is 33.8 Å². The van der Waals surface area contributed by atoms with E-state index >= 15 is 0 Å². The Morgan fingerprint density at radius 2 is 1.79 bits per heavy atom. The zero-order chi connectivity index (χ0) is 27.7. The van der Waals surface area contributed by atoms with Gasteiger partial charge in [-0.3, -0.25) is 14.5 Å². The van der Waals surface area contributed by atoms with Gasteiger partial charge in [0.15, 0.2) is 0 Å². The summed E-state index contributed by atoms with van der Waals surface area (Å²) < 4.78 is 7.26. The topological polar surface area (TPSA) is 67.7 Å². The third-order valence-corrected chi connectivity index (χ3v) is 8.72. The predicted molar refractivity (Wildman–Crippen MR) is 157 cm³/mol. The first kappa shape index (κ1) is 27.3. The monoisotopic (exact) mass is 546 g/mol. The molecule has 0 N–H and O–H groups in total. The maximum Gasteiger partial charge on any atom is 0.242 e. The summed E-state index contributed by atoms with van der Waals surface area (Å²) in [4.78, 5) is 31.0. The number of nitrogens with zero attached hydrogens (tertiary/aromatic N) is 4. The van der Waals surface area contributed by atoms with Crippen LogP contribution in [-0.4, -0.2) is 59.0 Å². The van der Waals surface area contributed by atoms with Crippen molar-refractivity contribution in [3.05, 3.63) is 70.9 Å². The van der Waals surface area contributed by atoms with Gasteiger partial charge in [0.05, 0.1) is 29.5 Å². The van der Waals surface area contributed by atoms with E-state index in [4.69, 9.17) is 9.84 Å². The number of aromatic nitrogens is 2. The molecule has 0 saturated carbocycles. The van der Waals surface area contributed by atoms with Gasteiger partial charge in [0, 0.05) is 24.1 Å². The van der Waals surface area contributed by atoms with E-state index in [9.17, 15) is 9.59 Å². The zero-order valence-electron chi connectivity index (χ0n) is 23.6. The number of carbonyl (C=O) groups excluding carboxylic acids is 2. The lowest BCUT2D eigenvalue weighted by atomic mass is 9.87. The Morgan fingerprint density at radius 1 is 1.08 bits per heavy atom. The van der Waals surface area contributed by atoms with Gasteiger partial charge < -0.3 is 9.64 Å². The zero-order valence-corrected chi connectivity index (χ0v) is 24.4. The third-order valence-electron chi connectivity index (χ3n) is 7.46. The van der Waals surface area contributed by atoms with E-state index in [2.05, 4.69) is 52.0 Å². The number of hydrogen-bond acceptors (Lipinski definition) is 5. The average molecular weight is 547 g/mol. The molecule has 1 atom stereocenters. The molecule has 0 bridgehead atoms. The second kappa shape index (κ2) is 11.1. The van der Waals surface area contributed by atoms with Crippen LogP contribution in [0.5, 0.6) is 5.75 Å². The molecule has 1 aromatic heterocycles. The van der Waals surface area contributed by atoms with Gasteiger partial charge in [-0.15, -0.1) is 11.8 Å². The molecule has 1 unspecified atom stereocenters. The van der Waals surface area contributed by atoms with E-state index in [0.717, 1.165) is 60.6 Å². The Kier molecular flexibility index (Phi) is 7.76. The lowest BCUT2D eigenvalue weighted by Gasteiger charge is -2.30. The lowest BCUT2D eigenvalue weighted by molar-refractivity contribution is -0.132. The van der Waals surface area contributed by atoms with E-state index < -0.39 is 0 Å². The van der Waals surface area contributed by atoms with Crippen molar-refractivity contribution in [2.75, 3.05) is 37.4 Å². The maximum atomic E-state index is 13.9. The van der Waals surface area contributed by atoms with Gasteiger partial charge in [-0.2, -0.15) is 5.10 Å². The van der Waals surface area contributed by atoms with Crippen LogP contribution in [0.3, 0.4) is 0 Å². The minimum Gasteiger partial charge on any atom is -0.497 e. The van der Waals surface area contributed by atoms with Gasteiger partial charge in [0.2, 0.25) is 11.8 Å². The molecular weight excluding hydrogens is 508 g/mol. The number of benzene rings is 2. The fourth-order valence-corrected chi connectivity index (χ4v) is 6.64. The van der Waals surface area contributed by atoms with Gasteiger partial charge in [0.1, 0.15) is 18.1 Å². The Hall–Kier alpha value is -3.26. The number of methoxy groups -OCH3 is 1. The number of amides is 2. The fourth-order valence-electron chi connectivity index (χ4n) is 5.45. The SMILES string of the molecule is COc1ccc(-n2nc(C(C)(C)C)c3c2N(CC(=O)N2CCCCC2)C(=O)CSC3c2cccc(C)c2)cc1. The molecule has 2 amide bonds. The van der Waals surface area contributed by atoms with Crippen molar-refractivity contribution in [2.45, 2.75) is 57.6 Å². The maximum absolute atomic E-state index is 13.9. The van der Waals surface area contributed by atoms with Crippen LogP contribution in [0, 0.1) is 6.92 Å². The number of likely N-dealkylation sites (tertiary alicyclic amines) is 1. The van der Waals surface area contributed by atoms with Crippen LogP contribution in [0.15, 0.2) is 48.5 Å². The number of fused-ring (bicyclic) bond motifs is 1. The molecule has 3 aromatic rings. The molecule has 206 valence electrons. The number of piperidine rings is 1. The molecule has 39 heavy (non-hydrogen) atoms. The first-order valence-corrected chi connectivity index (χ1v) is 14.8. The van der Waals surface area contributed by atoms with Crippen LogP contribution in [0.4, 0.5) is 5.82 Å². The molecule has 1 saturated heterocycles. The minimum absolute atomic E-state index is 0.00667. The minimum atomic E-state index is -0.291. The Labute approximate surface area is 235 Å². The van der Waals surface area contributed by atoms with E-state index in [0.29, 0.717) is 5.82 Å². The van der Waals surface area contributed by atoms with Crippen molar-refractivity contribution >= 4 is 29.4 Å². The summed E-state index contributed by atoms with van der Waals surface area (Å²) in [7, 11) is 1.64. The summed E-state index contributed by atoms with van der Waals surface area (Å²) in [5, 5.41) is 5.08. The number of anilines is 1. The Balaban J connectivity index is 1.72. The van der Waals surface area contributed by atoms with Gasteiger partial charge in [-0.1, -0.05) is 50.6 Å². The normalized spacial score (nSPS) is 18.1. The van der Waals surface area contributed by atoms with Crippen LogP contribution < -0.4 is 9.64 Å². The third kappa shape index (κ3) is 5.57. The number of aryl methyl sites for hydroxylation is 1. The number of ether oxygens (including phenoxy) is 1. The highest BCUT2D eigenvalue weighted by Crippen LogP contribution is 2.48. The summed E-state index contributed by atoms with van der Waals surface area (Å²) in [6, 6.07) is 16.2. The molecule has 2 aliphatic heterocycles. The van der Waals surface area contributed by atoms with Crippen molar-refractivity contribution in [1.82, 2.24) is 14.7 Å². The van der Waals surface area contributed by atoms with E-state index in [1.165, 1.54) is 5.56 Å². The van der Waals surface area contributed by atoms with Crippen LogP contribution in [0.25, 0.3) is 5.69 Å². The molecule has 3 heterocycles. The molecule has 8 heteroatoms. The number of rotatable bonds is 5. The molecule has 2 aromatic carbocycles. The Bertz CT molecular complexity index is 1350. The summed E-state index contributed by atoms with van der Waals surface area (Å²) in [5.41, 5.74) is 4.77. The van der Waals surface area contributed by atoms with Gasteiger partial charge in [0.25, 0.3) is 0 Å². The molecule has 0 spiro atoms. The standard InChI is InChI=1S/C31H38N4O3S/c1-21-10-9-11-22(18-21)28-27-29(31(2,3)4)32-35(23-12-14-24(38-5)15-13-23)30(27)34(26(37)20-39-28)19-25(36)33-16-7-6-8-17-33/h9-15,18,28H,6-8,16-17,19-20H2,1-5H3. The molecule has 5 rings (SSSR count). The molecule has 7 nitrogen and oxygen atoms in total. The average Bonchev–Trinajstić information content (AvgIpc) is 3.27. The van der Waals surface area contributed by atoms with E-state index in [1.54, 1.807) is 23.8 Å². The second-order valence-electron chi connectivity index (χ2n) is 11.5. The van der Waals surface area contributed by atoms with Crippen molar-refractivity contribution in [3.63, 3.8) is 0 Å². The summed E-state index contributed by atoms with van der Waals surface area (Å²) in [5.74, 6) is 1.64. The van der Waals surface area contributed by atoms with Gasteiger partial charge in [-0.05, 0) is 56.0 Å². The predicted octanol–water partition coefficient (Wildman–Crippen LogP) is 5.67. The molecule has 2 aliphatic rings.